The van der Waals surface area contributed by atoms with Gasteiger partial charge < -0.3 is 15.7 Å². The van der Waals surface area contributed by atoms with Crippen LogP contribution in [-0.4, -0.2) is 48.1 Å². The van der Waals surface area contributed by atoms with Gasteiger partial charge in [-0.1, -0.05) is 12.8 Å². The van der Waals surface area contributed by atoms with Crippen LogP contribution in [0.3, 0.4) is 0 Å². The maximum atomic E-state index is 10.8. The summed E-state index contributed by atoms with van der Waals surface area (Å²) in [6.07, 6.45) is 6.77. The fourth-order valence-electron chi connectivity index (χ4n) is 1.54. The minimum absolute atomic E-state index is 0.278. The highest BCUT2D eigenvalue weighted by Crippen LogP contribution is 2.03. The number of carbonyl (C=O) groups excluding carboxylic acids is 1. The van der Waals surface area contributed by atoms with Crippen LogP contribution in [0.1, 0.15) is 32.6 Å². The summed E-state index contributed by atoms with van der Waals surface area (Å²) >= 11 is 1.86. The minimum Gasteiger partial charge on any atom is -0.480 e. The molecule has 0 bridgehead atoms. The molecule has 0 aliphatic rings. The average Bonchev–Trinajstić information content (AvgIpc) is 2.30. The van der Waals surface area contributed by atoms with Crippen molar-refractivity contribution >= 4 is 23.6 Å². The molecular weight excluding hydrogens is 252 g/mol. The minimum atomic E-state index is -1.00. The second-order valence-corrected chi connectivity index (χ2v) is 5.19. The van der Waals surface area contributed by atoms with E-state index in [2.05, 4.69) is 16.9 Å². The first-order chi connectivity index (χ1) is 8.57. The fourth-order valence-corrected chi connectivity index (χ4v) is 2.03. The molecule has 0 heterocycles. The molecule has 0 fully saturated rings. The number of rotatable bonds is 11. The van der Waals surface area contributed by atoms with Crippen LogP contribution in [0.4, 0.5) is 0 Å². The van der Waals surface area contributed by atoms with Gasteiger partial charge in [0.2, 0.25) is 5.91 Å². The second kappa shape index (κ2) is 11.3. The van der Waals surface area contributed by atoms with Gasteiger partial charge in [-0.15, -0.1) is 0 Å². The summed E-state index contributed by atoms with van der Waals surface area (Å²) < 4.78 is 0. The van der Waals surface area contributed by atoms with Crippen LogP contribution in [0, 0.1) is 0 Å². The Bertz CT molecular complexity index is 249. The molecule has 0 radical (unpaired) electrons. The Morgan fingerprint density at radius 3 is 2.44 bits per heavy atom. The molecule has 1 unspecified atom stereocenters. The van der Waals surface area contributed by atoms with Crippen LogP contribution in [0.5, 0.6) is 0 Å². The lowest BCUT2D eigenvalue weighted by Crippen LogP contribution is -2.46. The number of amides is 1. The van der Waals surface area contributed by atoms with Crippen molar-refractivity contribution in [1.82, 2.24) is 10.6 Å². The van der Waals surface area contributed by atoms with Gasteiger partial charge in [0.05, 0.1) is 0 Å². The quantitative estimate of drug-likeness (QED) is 0.492. The highest BCUT2D eigenvalue weighted by atomic mass is 32.2. The molecule has 0 aromatic rings. The van der Waals surface area contributed by atoms with Gasteiger partial charge in [-0.25, -0.2) is 4.79 Å². The van der Waals surface area contributed by atoms with Gasteiger partial charge in [0.15, 0.2) is 0 Å². The molecule has 6 heteroatoms. The number of thioether (sulfide) groups is 1. The van der Waals surface area contributed by atoms with Crippen molar-refractivity contribution in [2.24, 2.45) is 0 Å². The number of carbonyl (C=O) groups is 2. The number of hydrogen-bond acceptors (Lipinski definition) is 4. The van der Waals surface area contributed by atoms with Gasteiger partial charge in [-0.3, -0.25) is 4.79 Å². The van der Waals surface area contributed by atoms with Gasteiger partial charge in [-0.05, 0) is 31.4 Å². The molecule has 0 aliphatic carbocycles. The molecule has 0 rings (SSSR count). The Hall–Kier alpha value is -0.750. The van der Waals surface area contributed by atoms with E-state index >= 15 is 0 Å². The highest BCUT2D eigenvalue weighted by Gasteiger charge is 2.16. The first-order valence-electron chi connectivity index (χ1n) is 6.27. The topological polar surface area (TPSA) is 78.4 Å². The summed E-state index contributed by atoms with van der Waals surface area (Å²) in [7, 11) is 0. The third-order valence-corrected chi connectivity index (χ3v) is 3.17. The Kier molecular flexibility index (Phi) is 10.9. The van der Waals surface area contributed by atoms with Gasteiger partial charge in [0.25, 0.3) is 0 Å². The molecule has 0 aliphatic heterocycles. The molecule has 1 amide bonds. The van der Waals surface area contributed by atoms with E-state index in [9.17, 15) is 9.59 Å². The van der Waals surface area contributed by atoms with E-state index in [1.165, 1.54) is 25.5 Å². The monoisotopic (exact) mass is 276 g/mol. The van der Waals surface area contributed by atoms with Crippen molar-refractivity contribution in [3.05, 3.63) is 0 Å². The largest absolute Gasteiger partial charge is 0.480 e. The summed E-state index contributed by atoms with van der Waals surface area (Å²) in [5.74, 6) is -0.115. The number of nitrogens with one attached hydrogen (secondary N) is 2. The lowest BCUT2D eigenvalue weighted by molar-refractivity contribution is -0.141. The summed E-state index contributed by atoms with van der Waals surface area (Å²) in [5.41, 5.74) is 0. The predicted octanol–water partition coefficient (Wildman–Crippen LogP) is 1.09. The van der Waals surface area contributed by atoms with Crippen molar-refractivity contribution in [3.63, 3.8) is 0 Å². The number of carboxylic acid groups (broad SMARTS) is 1. The molecule has 106 valence electrons. The Balaban J connectivity index is 3.49. The van der Waals surface area contributed by atoms with Crippen LogP contribution in [-0.2, 0) is 9.59 Å². The zero-order valence-electron chi connectivity index (χ0n) is 11.2. The number of hydrogen-bond donors (Lipinski definition) is 3. The molecule has 0 saturated carbocycles. The van der Waals surface area contributed by atoms with Gasteiger partial charge >= 0.3 is 5.97 Å². The Morgan fingerprint density at radius 1 is 1.22 bits per heavy atom. The third-order valence-electron chi connectivity index (χ3n) is 2.48. The first kappa shape index (κ1) is 17.2. The highest BCUT2D eigenvalue weighted by molar-refractivity contribution is 7.98. The fraction of sp³-hybridized carbons (Fsp3) is 0.833. The normalized spacial score (nSPS) is 12.1. The molecule has 0 spiro atoms. The molecule has 1 atom stereocenters. The molecule has 0 aromatic carbocycles. The number of aliphatic carboxylic acids is 1. The van der Waals surface area contributed by atoms with Crippen LogP contribution in [0.25, 0.3) is 0 Å². The maximum Gasteiger partial charge on any atom is 0.327 e. The summed E-state index contributed by atoms with van der Waals surface area (Å²) in [6.45, 7) is 2.39. The molecule has 3 N–H and O–H groups in total. The molecule has 5 nitrogen and oxygen atoms in total. The van der Waals surface area contributed by atoms with Gasteiger partial charge in [0, 0.05) is 13.5 Å². The van der Waals surface area contributed by atoms with E-state index in [1.54, 1.807) is 0 Å². The summed E-state index contributed by atoms with van der Waals surface area (Å²) in [4.78, 5) is 21.6. The van der Waals surface area contributed by atoms with Gasteiger partial charge in [-0.2, -0.15) is 11.8 Å². The Morgan fingerprint density at radius 2 is 1.89 bits per heavy atom. The van der Waals surface area contributed by atoms with Crippen LogP contribution in [0.15, 0.2) is 0 Å². The molecule has 18 heavy (non-hydrogen) atoms. The van der Waals surface area contributed by atoms with Crippen molar-refractivity contribution in [1.29, 1.82) is 0 Å². The van der Waals surface area contributed by atoms with Crippen molar-refractivity contribution in [2.45, 2.75) is 38.6 Å². The zero-order chi connectivity index (χ0) is 13.8. The van der Waals surface area contributed by atoms with Crippen LogP contribution < -0.4 is 10.6 Å². The summed E-state index contributed by atoms with van der Waals surface area (Å²) in [6, 6.07) is -0.834. The van der Waals surface area contributed by atoms with Crippen molar-refractivity contribution in [2.75, 3.05) is 25.1 Å². The first-order valence-corrected chi connectivity index (χ1v) is 7.67. The maximum absolute atomic E-state index is 10.8. The lowest BCUT2D eigenvalue weighted by atomic mass is 10.2. The Labute approximate surface area is 113 Å². The third kappa shape index (κ3) is 10.4. The van der Waals surface area contributed by atoms with E-state index in [4.69, 9.17) is 5.11 Å². The van der Waals surface area contributed by atoms with Crippen LogP contribution >= 0.6 is 11.8 Å². The van der Waals surface area contributed by atoms with E-state index in [1.807, 2.05) is 11.8 Å². The summed E-state index contributed by atoms with van der Waals surface area (Å²) in [5, 5.41) is 14.3. The second-order valence-electron chi connectivity index (χ2n) is 4.20. The molecule has 0 aromatic heterocycles. The lowest BCUT2D eigenvalue weighted by Gasteiger charge is -2.13. The van der Waals surface area contributed by atoms with Crippen molar-refractivity contribution < 1.29 is 14.7 Å². The van der Waals surface area contributed by atoms with E-state index in [0.29, 0.717) is 0 Å². The van der Waals surface area contributed by atoms with E-state index in [0.717, 1.165) is 19.4 Å². The van der Waals surface area contributed by atoms with E-state index < -0.39 is 12.0 Å². The SMILES string of the molecule is CSCCCCCCNCC(NC(C)=O)C(=O)O. The van der Waals surface area contributed by atoms with E-state index in [-0.39, 0.29) is 12.5 Å². The van der Waals surface area contributed by atoms with Crippen molar-refractivity contribution in [3.8, 4) is 0 Å². The number of carboxylic acids is 1. The molecule has 0 saturated heterocycles. The van der Waals surface area contributed by atoms with Crippen LogP contribution in [0.2, 0.25) is 0 Å². The standard InChI is InChI=1S/C12H24N2O3S/c1-10(15)14-11(12(16)17)9-13-7-5-3-4-6-8-18-2/h11,13H,3-9H2,1-2H3,(H,14,15)(H,16,17). The average molecular weight is 276 g/mol. The molecular formula is C12H24N2O3S. The smallest absolute Gasteiger partial charge is 0.327 e. The zero-order valence-corrected chi connectivity index (χ0v) is 12.0. The van der Waals surface area contributed by atoms with Gasteiger partial charge in [0.1, 0.15) is 6.04 Å². The number of unbranched alkanes of at least 4 members (excludes halogenated alkanes) is 3. The predicted molar refractivity (Wildman–Crippen MR) is 75.0 cm³/mol.